The molecule has 0 fully saturated rings. The molecule has 74 valence electrons. The van der Waals surface area contributed by atoms with Gasteiger partial charge in [-0.15, -0.1) is 0 Å². The third kappa shape index (κ3) is 4.69. The van der Waals surface area contributed by atoms with Crippen molar-refractivity contribution < 1.29 is 18.5 Å². The van der Waals surface area contributed by atoms with Crippen LogP contribution in [-0.4, -0.2) is 43.7 Å². The van der Waals surface area contributed by atoms with E-state index in [2.05, 4.69) is 4.56 Å². The second kappa shape index (κ2) is 4.20. The van der Waals surface area contributed by atoms with Gasteiger partial charge in [0.25, 0.3) is 10.1 Å². The molecular weight excluding hydrogens is 178 g/mol. The van der Waals surface area contributed by atoms with Crippen molar-refractivity contribution in [2.45, 2.75) is 19.9 Å². The fourth-order valence-corrected chi connectivity index (χ4v) is 1.12. The number of nitrogens with zero attached hydrogens (tertiary/aromatic N) is 1. The molecule has 0 aromatic carbocycles. The van der Waals surface area contributed by atoms with Gasteiger partial charge in [-0.2, -0.15) is 8.42 Å². The van der Waals surface area contributed by atoms with Gasteiger partial charge in [0.2, 0.25) is 1.43 Å². The van der Waals surface area contributed by atoms with E-state index < -0.39 is 27.7 Å². The Morgan fingerprint density at radius 1 is 1.67 bits per heavy atom. The van der Waals surface area contributed by atoms with E-state index in [-0.39, 0.29) is 0 Å². The Hall–Kier alpha value is -0.130. The minimum absolute atomic E-state index is 0.983. The van der Waals surface area contributed by atoms with Gasteiger partial charge >= 0.3 is 0 Å². The third-order valence-corrected chi connectivity index (χ3v) is 2.05. The SMILES string of the molecule is [2H]OS(=O)(=O)C([2H])([2H])C([2H])(C)C([2H])(C)N(C)C. The van der Waals surface area contributed by atoms with Crippen molar-refractivity contribution in [1.29, 1.82) is 1.43 Å². The molecule has 0 radical (unpaired) electrons. The minimum Gasteiger partial charge on any atom is -0.306 e. The Balaban J connectivity index is 5.78. The highest BCUT2D eigenvalue weighted by molar-refractivity contribution is 7.85. The van der Waals surface area contributed by atoms with Gasteiger partial charge in [-0.05, 0) is 26.9 Å². The first-order valence-corrected chi connectivity index (χ1v) is 4.73. The van der Waals surface area contributed by atoms with Crippen molar-refractivity contribution >= 4 is 10.1 Å². The molecule has 0 rings (SSSR count). The first-order valence-electron chi connectivity index (χ1n) is 5.73. The van der Waals surface area contributed by atoms with Crippen LogP contribution >= 0.6 is 0 Å². The minimum atomic E-state index is -4.91. The molecular formula is C7H17NO3S. The van der Waals surface area contributed by atoms with Crippen molar-refractivity contribution in [3.63, 3.8) is 0 Å². The van der Waals surface area contributed by atoms with Crippen LogP contribution in [-0.2, 0) is 10.1 Å². The van der Waals surface area contributed by atoms with Gasteiger partial charge in [-0.25, -0.2) is 0 Å². The fourth-order valence-electron chi connectivity index (χ4n) is 0.597. The Bertz CT molecular complexity index is 379. The van der Waals surface area contributed by atoms with E-state index in [0.29, 0.717) is 0 Å². The average Bonchev–Trinajstić information content (AvgIpc) is 2.16. The molecule has 0 spiro atoms. The monoisotopic (exact) mass is 200 g/mol. The Labute approximate surface area is 81.4 Å². The largest absolute Gasteiger partial charge is 0.306 e. The Kier molecular flexibility index (Phi) is 1.95. The van der Waals surface area contributed by atoms with Crippen molar-refractivity contribution in [2.75, 3.05) is 19.8 Å². The molecule has 2 unspecified atom stereocenters. The van der Waals surface area contributed by atoms with Crippen LogP contribution in [0.3, 0.4) is 0 Å². The lowest BCUT2D eigenvalue weighted by molar-refractivity contribution is 0.250. The van der Waals surface area contributed by atoms with E-state index in [9.17, 15) is 8.42 Å². The number of hydrogen-bond donors (Lipinski definition) is 1. The lowest BCUT2D eigenvalue weighted by Gasteiger charge is -2.25. The summed E-state index contributed by atoms with van der Waals surface area (Å²) in [7, 11) is -2.04. The van der Waals surface area contributed by atoms with Crippen LogP contribution in [0, 0.1) is 5.89 Å². The van der Waals surface area contributed by atoms with Crippen LogP contribution in [0.4, 0.5) is 0 Å². The van der Waals surface area contributed by atoms with Gasteiger partial charge in [-0.3, -0.25) is 4.56 Å². The summed E-state index contributed by atoms with van der Waals surface area (Å²) in [6, 6.07) is -1.83. The molecule has 0 bridgehead atoms. The molecule has 5 heteroatoms. The van der Waals surface area contributed by atoms with E-state index in [1.54, 1.807) is 0 Å². The van der Waals surface area contributed by atoms with E-state index in [4.69, 9.17) is 6.91 Å². The van der Waals surface area contributed by atoms with Gasteiger partial charge in [0.15, 0.2) is 0 Å². The van der Waals surface area contributed by atoms with Crippen LogP contribution in [0.2, 0.25) is 0 Å². The van der Waals surface area contributed by atoms with Gasteiger partial charge in [-0.1, -0.05) is 6.92 Å². The van der Waals surface area contributed by atoms with Gasteiger partial charge in [0, 0.05) is 11.5 Å². The fraction of sp³-hybridized carbons (Fsp3) is 1.00. The van der Waals surface area contributed by atoms with Crippen molar-refractivity contribution in [2.24, 2.45) is 5.89 Å². The zero-order valence-electron chi connectivity index (χ0n) is 12.6. The molecule has 0 aliphatic carbocycles. The average molecular weight is 200 g/mol. The second-order valence-corrected chi connectivity index (χ2v) is 3.77. The lowest BCUT2D eigenvalue weighted by Crippen LogP contribution is -2.34. The zero-order valence-corrected chi connectivity index (χ0v) is 8.40. The van der Waals surface area contributed by atoms with Crippen molar-refractivity contribution in [3.8, 4) is 0 Å². The molecule has 0 aliphatic rings. The highest BCUT2D eigenvalue weighted by Gasteiger charge is 2.19. The Morgan fingerprint density at radius 3 is 2.50 bits per heavy atom. The third-order valence-electron chi connectivity index (χ3n) is 1.49. The molecule has 0 saturated heterocycles. The normalized spacial score (nSPS) is 30.2. The van der Waals surface area contributed by atoms with Crippen LogP contribution in [0.5, 0.6) is 0 Å². The molecule has 0 heterocycles. The standard InChI is InChI=1S/C7H17NO3S/c1-6(5-12(9,10)11)7(2)8(3)4/h6-7H,5H2,1-4H3,(H,9,10,11)/i5D2,6D,7D/hD. The highest BCUT2D eigenvalue weighted by atomic mass is 32.2. The topological polar surface area (TPSA) is 57.6 Å². The summed E-state index contributed by atoms with van der Waals surface area (Å²) in [4.78, 5) is 1.22. The summed E-state index contributed by atoms with van der Waals surface area (Å²) in [6.07, 6.45) is 0. The van der Waals surface area contributed by atoms with Crippen LogP contribution < -0.4 is 0 Å². The molecule has 0 amide bonds. The molecule has 0 saturated carbocycles. The highest BCUT2D eigenvalue weighted by Crippen LogP contribution is 2.09. The van der Waals surface area contributed by atoms with Crippen molar-refractivity contribution in [1.82, 2.24) is 4.90 Å². The maximum absolute atomic E-state index is 11.3. The number of rotatable bonds is 5. The predicted molar refractivity (Wildman–Crippen MR) is 48.7 cm³/mol. The smallest absolute Gasteiger partial charge is 0.265 e. The van der Waals surface area contributed by atoms with E-state index >= 15 is 0 Å². The molecule has 12 heavy (non-hydrogen) atoms. The Morgan fingerprint density at radius 2 is 2.17 bits per heavy atom. The molecule has 0 aliphatic heterocycles. The van der Waals surface area contributed by atoms with E-state index in [1.165, 1.54) is 25.9 Å². The summed E-state index contributed by atoms with van der Waals surface area (Å²) in [5.41, 5.74) is -3.19. The molecule has 2 atom stereocenters. The maximum atomic E-state index is 11.3. The molecule has 0 aromatic rings. The maximum Gasteiger partial charge on any atom is 0.265 e. The molecule has 4 nitrogen and oxygen atoms in total. The first kappa shape index (κ1) is 5.57. The number of hydrogen-bond acceptors (Lipinski definition) is 4. The van der Waals surface area contributed by atoms with Crippen LogP contribution in [0.15, 0.2) is 0 Å². The predicted octanol–water partition coefficient (Wildman–Crippen LogP) is 0.460. The summed E-state index contributed by atoms with van der Waals surface area (Å²) in [5.74, 6) is -2.36. The lowest BCUT2D eigenvalue weighted by atomic mass is 10.1. The van der Waals surface area contributed by atoms with E-state index in [1.807, 2.05) is 0 Å². The molecule has 0 aromatic heterocycles. The van der Waals surface area contributed by atoms with Crippen LogP contribution in [0.25, 0.3) is 1.43 Å². The molecule has 1 N–H and O–H groups in total. The summed E-state index contributed by atoms with van der Waals surface area (Å²) in [6.45, 7) is 2.20. The van der Waals surface area contributed by atoms with Gasteiger partial charge < -0.3 is 4.90 Å². The second-order valence-electron chi connectivity index (χ2n) is 2.66. The van der Waals surface area contributed by atoms with Gasteiger partial charge in [0.1, 0.15) is 0 Å². The first-order chi connectivity index (χ1) is 7.25. The summed E-state index contributed by atoms with van der Waals surface area (Å²) >= 11 is 0. The summed E-state index contributed by atoms with van der Waals surface area (Å²) in [5, 5.41) is 0. The summed E-state index contributed by atoms with van der Waals surface area (Å²) < 4.78 is 63.2. The van der Waals surface area contributed by atoms with Crippen molar-refractivity contribution in [3.05, 3.63) is 0 Å². The van der Waals surface area contributed by atoms with Gasteiger partial charge in [0.05, 0.1) is 5.70 Å². The quantitative estimate of drug-likeness (QED) is 0.655. The van der Waals surface area contributed by atoms with Crippen LogP contribution in [0.1, 0.15) is 19.3 Å². The van der Waals surface area contributed by atoms with E-state index in [0.717, 1.165) is 6.92 Å². The zero-order chi connectivity index (χ0) is 14.3.